The van der Waals surface area contributed by atoms with Gasteiger partial charge in [0.1, 0.15) is 0 Å². The monoisotopic (exact) mass is 310 g/mol. The van der Waals surface area contributed by atoms with Gasteiger partial charge in [-0.15, -0.1) is 0 Å². The van der Waals surface area contributed by atoms with Gasteiger partial charge in [-0.1, -0.05) is 56.2 Å². The first kappa shape index (κ1) is 8.93. The third kappa shape index (κ3) is 1.17. The zero-order valence-corrected chi connectivity index (χ0v) is 10.5. The summed E-state index contributed by atoms with van der Waals surface area (Å²) < 4.78 is 2.38. The number of allylic oxidation sites excluding steroid dienone is 4. The van der Waals surface area contributed by atoms with Crippen molar-refractivity contribution >= 4 is 31.9 Å². The van der Waals surface area contributed by atoms with Crippen molar-refractivity contribution in [1.82, 2.24) is 0 Å². The Morgan fingerprint density at radius 3 is 2.71 bits per heavy atom. The van der Waals surface area contributed by atoms with Crippen LogP contribution in [-0.2, 0) is 0 Å². The van der Waals surface area contributed by atoms with E-state index in [1.807, 2.05) is 0 Å². The summed E-state index contributed by atoms with van der Waals surface area (Å²) in [6, 6.07) is 6.57. The van der Waals surface area contributed by atoms with Gasteiger partial charge in [0, 0.05) is 20.8 Å². The largest absolute Gasteiger partial charge is 0.0750 e. The first-order valence-electron chi connectivity index (χ1n) is 4.60. The molecule has 0 fully saturated rings. The van der Waals surface area contributed by atoms with Crippen LogP contribution in [0.5, 0.6) is 0 Å². The van der Waals surface area contributed by atoms with Gasteiger partial charge in [-0.05, 0) is 23.3 Å². The zero-order valence-electron chi connectivity index (χ0n) is 7.37. The van der Waals surface area contributed by atoms with E-state index in [-0.39, 0.29) is 0 Å². The molecule has 70 valence electrons. The van der Waals surface area contributed by atoms with Crippen LogP contribution < -0.4 is 0 Å². The van der Waals surface area contributed by atoms with Crippen LogP contribution in [0, 0.1) is 0 Å². The number of hydrogen-bond donors (Lipinski definition) is 0. The molecule has 2 aliphatic rings. The fourth-order valence-corrected chi connectivity index (χ4v) is 3.08. The molecule has 2 atom stereocenters. The maximum absolute atomic E-state index is 3.52. The Balaban J connectivity index is 2.11. The number of benzene rings is 1. The molecule has 2 aliphatic carbocycles. The lowest BCUT2D eigenvalue weighted by Crippen LogP contribution is -2.22. The molecule has 3 rings (SSSR count). The fraction of sp³-hybridized carbons (Fsp3) is 0.167. The third-order valence-electron chi connectivity index (χ3n) is 2.96. The van der Waals surface area contributed by atoms with Crippen LogP contribution in [0.25, 0.3) is 0 Å². The first-order chi connectivity index (χ1) is 6.75. The van der Waals surface area contributed by atoms with Crippen LogP contribution in [0.4, 0.5) is 0 Å². The van der Waals surface area contributed by atoms with Crippen molar-refractivity contribution in [3.8, 4) is 0 Å². The van der Waals surface area contributed by atoms with E-state index in [1.54, 1.807) is 0 Å². The molecule has 0 radical (unpaired) electrons. The van der Waals surface area contributed by atoms with Crippen molar-refractivity contribution in [2.75, 3.05) is 0 Å². The Kier molecular flexibility index (Phi) is 1.96. The van der Waals surface area contributed by atoms with Crippen molar-refractivity contribution in [1.29, 1.82) is 0 Å². The molecule has 0 unspecified atom stereocenters. The highest BCUT2D eigenvalue weighted by atomic mass is 79.9. The van der Waals surface area contributed by atoms with E-state index >= 15 is 0 Å². The maximum atomic E-state index is 3.52. The van der Waals surface area contributed by atoms with Gasteiger partial charge >= 0.3 is 0 Å². The van der Waals surface area contributed by atoms with Crippen LogP contribution in [0.3, 0.4) is 0 Å². The summed E-state index contributed by atoms with van der Waals surface area (Å²) in [5.41, 5.74) is 2.94. The minimum atomic E-state index is 0.595. The van der Waals surface area contributed by atoms with E-state index in [9.17, 15) is 0 Å². The molecule has 0 amide bonds. The number of rotatable bonds is 0. The highest BCUT2D eigenvalue weighted by Gasteiger charge is 2.35. The van der Waals surface area contributed by atoms with E-state index in [4.69, 9.17) is 0 Å². The van der Waals surface area contributed by atoms with Crippen LogP contribution in [0.1, 0.15) is 23.0 Å². The zero-order chi connectivity index (χ0) is 9.71. The smallest absolute Gasteiger partial charge is 0.0178 e. The fourth-order valence-electron chi connectivity index (χ4n) is 2.27. The Bertz CT molecular complexity index is 457. The van der Waals surface area contributed by atoms with Crippen LogP contribution in [-0.4, -0.2) is 0 Å². The summed E-state index contributed by atoms with van der Waals surface area (Å²) in [6.07, 6.45) is 6.72. The lowest BCUT2D eigenvalue weighted by molar-refractivity contribution is 0.635. The molecule has 0 saturated heterocycles. The number of fused-ring (bicyclic) bond motifs is 4. The summed E-state index contributed by atoms with van der Waals surface area (Å²) in [5.74, 6) is 1.20. The molecular formula is C12H8Br2. The highest BCUT2D eigenvalue weighted by molar-refractivity contribution is 9.12. The van der Waals surface area contributed by atoms with Gasteiger partial charge in [-0.2, -0.15) is 0 Å². The second kappa shape index (κ2) is 3.07. The van der Waals surface area contributed by atoms with Crippen LogP contribution >= 0.6 is 31.9 Å². The van der Waals surface area contributed by atoms with Crippen molar-refractivity contribution in [2.45, 2.75) is 11.8 Å². The van der Waals surface area contributed by atoms with E-state index in [0.717, 1.165) is 0 Å². The normalized spacial score (nSPS) is 27.4. The predicted octanol–water partition coefficient (Wildman–Crippen LogP) is 4.48. The number of halogens is 2. The van der Waals surface area contributed by atoms with Crippen LogP contribution in [0.2, 0.25) is 0 Å². The van der Waals surface area contributed by atoms with Gasteiger partial charge in [-0.3, -0.25) is 0 Å². The molecule has 2 heteroatoms. The number of hydrogen-bond acceptors (Lipinski definition) is 0. The lowest BCUT2D eigenvalue weighted by Gasteiger charge is -2.38. The average Bonchev–Trinajstić information content (AvgIpc) is 2.16. The molecule has 0 aliphatic heterocycles. The molecule has 0 bridgehead atoms. The molecular weight excluding hydrogens is 304 g/mol. The molecule has 1 aromatic carbocycles. The Morgan fingerprint density at radius 1 is 1.00 bits per heavy atom. The van der Waals surface area contributed by atoms with Gasteiger partial charge < -0.3 is 0 Å². The van der Waals surface area contributed by atoms with E-state index in [2.05, 4.69) is 68.3 Å². The van der Waals surface area contributed by atoms with Gasteiger partial charge in [0.2, 0.25) is 0 Å². The molecule has 14 heavy (non-hydrogen) atoms. The molecule has 1 aromatic rings. The quantitative estimate of drug-likeness (QED) is 0.663. The molecule has 0 N–H and O–H groups in total. The van der Waals surface area contributed by atoms with E-state index < -0.39 is 0 Å². The summed E-state index contributed by atoms with van der Waals surface area (Å²) in [7, 11) is 0. The van der Waals surface area contributed by atoms with Gasteiger partial charge in [0.05, 0.1) is 0 Å². The topological polar surface area (TPSA) is 0 Å². The van der Waals surface area contributed by atoms with Crippen molar-refractivity contribution < 1.29 is 0 Å². The van der Waals surface area contributed by atoms with Crippen molar-refractivity contribution in [3.05, 3.63) is 56.5 Å². The third-order valence-corrected chi connectivity index (χ3v) is 3.98. The highest BCUT2D eigenvalue weighted by Crippen LogP contribution is 2.51. The summed E-state index contributed by atoms with van der Waals surface area (Å²) >= 11 is 7.03. The molecule has 0 spiro atoms. The maximum Gasteiger partial charge on any atom is 0.0178 e. The van der Waals surface area contributed by atoms with E-state index in [0.29, 0.717) is 11.8 Å². The molecule has 0 heterocycles. The van der Waals surface area contributed by atoms with Gasteiger partial charge in [0.15, 0.2) is 0 Å². The first-order valence-corrected chi connectivity index (χ1v) is 6.19. The predicted molar refractivity (Wildman–Crippen MR) is 65.8 cm³/mol. The Labute approximate surface area is 100.0 Å². The van der Waals surface area contributed by atoms with Gasteiger partial charge in [0.25, 0.3) is 0 Å². The Hall–Kier alpha value is -0.340. The molecule has 0 nitrogen and oxygen atoms in total. The van der Waals surface area contributed by atoms with Gasteiger partial charge in [-0.25, -0.2) is 0 Å². The standard InChI is InChI=1S/C12H8Br2/c13-7-1-3-9-11(5-7)10-4-2-8(14)6-12(9)10/h1-6,9,11H/t9-,11+/m0/s1. The van der Waals surface area contributed by atoms with Crippen molar-refractivity contribution in [3.63, 3.8) is 0 Å². The second-order valence-electron chi connectivity index (χ2n) is 3.74. The van der Waals surface area contributed by atoms with E-state index in [1.165, 1.54) is 20.1 Å². The summed E-state index contributed by atoms with van der Waals surface area (Å²) in [4.78, 5) is 0. The summed E-state index contributed by atoms with van der Waals surface area (Å²) in [6.45, 7) is 0. The second-order valence-corrected chi connectivity index (χ2v) is 5.57. The average molecular weight is 312 g/mol. The minimum Gasteiger partial charge on any atom is -0.0750 e. The van der Waals surface area contributed by atoms with Crippen molar-refractivity contribution in [2.24, 2.45) is 0 Å². The Morgan fingerprint density at radius 2 is 1.86 bits per heavy atom. The minimum absolute atomic E-state index is 0.595. The SMILES string of the molecule is BrC1=C[C@H]2c3ccc(Br)cc3[C@H]2C=C1. The lowest BCUT2D eigenvalue weighted by atomic mass is 9.66. The summed E-state index contributed by atoms with van der Waals surface area (Å²) in [5, 5.41) is 0. The molecule has 0 saturated carbocycles. The molecule has 0 aromatic heterocycles. The van der Waals surface area contributed by atoms with Crippen LogP contribution in [0.15, 0.2) is 45.4 Å².